The van der Waals surface area contributed by atoms with E-state index in [0.29, 0.717) is 0 Å². The molecule has 0 bridgehead atoms. The van der Waals surface area contributed by atoms with Crippen molar-refractivity contribution in [2.24, 2.45) is 0 Å². The molecule has 0 amide bonds. The predicted molar refractivity (Wildman–Crippen MR) is 72.3 cm³/mol. The highest BCUT2D eigenvalue weighted by molar-refractivity contribution is 9.10. The van der Waals surface area contributed by atoms with Gasteiger partial charge in [-0.1, -0.05) is 76.6 Å². The quantitative estimate of drug-likeness (QED) is 0.626. The Balaban J connectivity index is 2.02. The summed E-state index contributed by atoms with van der Waals surface area (Å²) in [4.78, 5) is 11.9. The molecule has 3 rings (SSSR count). The Morgan fingerprint density at radius 2 is 1.50 bits per heavy atom. The second-order valence-electron chi connectivity index (χ2n) is 4.27. The van der Waals surface area contributed by atoms with E-state index in [9.17, 15) is 4.79 Å². The zero-order chi connectivity index (χ0) is 12.6. The van der Waals surface area contributed by atoms with Gasteiger partial charge in [-0.25, -0.2) is 4.79 Å². The van der Waals surface area contributed by atoms with Crippen LogP contribution in [0.3, 0.4) is 0 Å². The van der Waals surface area contributed by atoms with Gasteiger partial charge in [0.15, 0.2) is 10.4 Å². The number of carbonyl (C=O) groups is 1. The highest BCUT2D eigenvalue weighted by Crippen LogP contribution is 2.53. The molecule has 0 unspecified atom stereocenters. The number of ether oxygens (including phenoxy) is 1. The third kappa shape index (κ3) is 1.58. The van der Waals surface area contributed by atoms with Crippen LogP contribution in [0.15, 0.2) is 60.7 Å². The average molecular weight is 303 g/mol. The first-order valence-corrected chi connectivity index (χ1v) is 6.52. The second-order valence-corrected chi connectivity index (χ2v) is 5.52. The van der Waals surface area contributed by atoms with Gasteiger partial charge in [0.05, 0.1) is 0 Å². The maximum absolute atomic E-state index is 11.9. The molecule has 3 heteroatoms. The van der Waals surface area contributed by atoms with Gasteiger partial charge in [-0.2, -0.15) is 0 Å². The van der Waals surface area contributed by atoms with Gasteiger partial charge in [0.25, 0.3) is 0 Å². The van der Waals surface area contributed by atoms with Crippen molar-refractivity contribution < 1.29 is 9.53 Å². The van der Waals surface area contributed by atoms with Crippen LogP contribution in [-0.2, 0) is 13.9 Å². The van der Waals surface area contributed by atoms with E-state index < -0.39 is 4.32 Å². The first kappa shape index (κ1) is 11.5. The van der Waals surface area contributed by atoms with E-state index in [-0.39, 0.29) is 12.1 Å². The van der Waals surface area contributed by atoms with E-state index in [1.807, 2.05) is 60.7 Å². The van der Waals surface area contributed by atoms with Crippen LogP contribution >= 0.6 is 15.9 Å². The Bertz CT molecular complexity index is 568. The summed E-state index contributed by atoms with van der Waals surface area (Å²) < 4.78 is 4.56. The van der Waals surface area contributed by atoms with E-state index in [4.69, 9.17) is 4.74 Å². The Morgan fingerprint density at radius 3 is 2.06 bits per heavy atom. The van der Waals surface area contributed by atoms with Gasteiger partial charge in [0.1, 0.15) is 0 Å². The molecule has 0 N–H and O–H groups in total. The molecule has 0 saturated carbocycles. The molecule has 0 aliphatic carbocycles. The van der Waals surface area contributed by atoms with E-state index in [2.05, 4.69) is 15.9 Å². The number of cyclic esters (lactones) is 1. The molecule has 18 heavy (non-hydrogen) atoms. The average Bonchev–Trinajstić information content (AvgIpc) is 2.45. The second kappa shape index (κ2) is 4.25. The van der Waals surface area contributed by atoms with Crippen LogP contribution in [0.1, 0.15) is 17.2 Å². The molecular formula is C15H11BrO2. The van der Waals surface area contributed by atoms with Crippen molar-refractivity contribution in [1.29, 1.82) is 0 Å². The van der Waals surface area contributed by atoms with Crippen LogP contribution in [0.4, 0.5) is 0 Å². The molecule has 1 fully saturated rings. The van der Waals surface area contributed by atoms with E-state index in [1.54, 1.807) is 0 Å². The minimum absolute atomic E-state index is 0.234. The number of carbonyl (C=O) groups excluding carboxylic acids is 1. The third-order valence-electron chi connectivity index (χ3n) is 3.18. The molecule has 2 aromatic carbocycles. The minimum Gasteiger partial charge on any atom is -0.454 e. The summed E-state index contributed by atoms with van der Waals surface area (Å²) in [6.45, 7) is 0. The first-order chi connectivity index (χ1) is 8.73. The van der Waals surface area contributed by atoms with Crippen LogP contribution in [0.2, 0.25) is 0 Å². The fraction of sp³-hybridized carbons (Fsp3) is 0.133. The normalized spacial score (nSPS) is 26.3. The maximum Gasteiger partial charge on any atom is 0.332 e. The smallest absolute Gasteiger partial charge is 0.332 e. The lowest BCUT2D eigenvalue weighted by atomic mass is 9.84. The van der Waals surface area contributed by atoms with Crippen molar-refractivity contribution in [3.05, 3.63) is 71.8 Å². The van der Waals surface area contributed by atoms with Crippen molar-refractivity contribution in [2.75, 3.05) is 0 Å². The monoisotopic (exact) mass is 302 g/mol. The Kier molecular flexibility index (Phi) is 2.71. The molecule has 1 saturated heterocycles. The van der Waals surface area contributed by atoms with Crippen LogP contribution < -0.4 is 0 Å². The molecule has 90 valence electrons. The number of rotatable bonds is 2. The zero-order valence-corrected chi connectivity index (χ0v) is 11.1. The SMILES string of the molecule is O=C1O[C@H](c2ccccc2)[C@]1(Br)c1ccccc1. The Hall–Kier alpha value is -1.61. The molecular weight excluding hydrogens is 292 g/mol. The largest absolute Gasteiger partial charge is 0.454 e. The highest BCUT2D eigenvalue weighted by Gasteiger charge is 2.58. The van der Waals surface area contributed by atoms with Gasteiger partial charge in [-0.15, -0.1) is 0 Å². The topological polar surface area (TPSA) is 26.3 Å². The van der Waals surface area contributed by atoms with Gasteiger partial charge in [0.2, 0.25) is 0 Å². The number of hydrogen-bond acceptors (Lipinski definition) is 2. The maximum atomic E-state index is 11.9. The van der Waals surface area contributed by atoms with Crippen LogP contribution in [0.25, 0.3) is 0 Å². The molecule has 0 spiro atoms. The van der Waals surface area contributed by atoms with Gasteiger partial charge < -0.3 is 4.74 Å². The molecule has 1 aliphatic rings. The molecule has 0 radical (unpaired) electrons. The number of hydrogen-bond donors (Lipinski definition) is 0. The van der Waals surface area contributed by atoms with Gasteiger partial charge in [-0.3, -0.25) is 0 Å². The van der Waals surface area contributed by atoms with Crippen molar-refractivity contribution in [2.45, 2.75) is 10.4 Å². The van der Waals surface area contributed by atoms with Crippen molar-refractivity contribution in [3.63, 3.8) is 0 Å². The molecule has 0 aromatic heterocycles. The number of esters is 1. The lowest BCUT2D eigenvalue weighted by molar-refractivity contribution is -0.179. The van der Waals surface area contributed by atoms with Gasteiger partial charge in [-0.05, 0) is 11.1 Å². The zero-order valence-electron chi connectivity index (χ0n) is 9.55. The summed E-state index contributed by atoms with van der Waals surface area (Å²) in [6.07, 6.45) is -0.270. The summed E-state index contributed by atoms with van der Waals surface area (Å²) in [5.74, 6) is -0.234. The third-order valence-corrected chi connectivity index (χ3v) is 4.38. The molecule has 2 aromatic rings. The van der Waals surface area contributed by atoms with E-state index in [0.717, 1.165) is 11.1 Å². The lowest BCUT2D eigenvalue weighted by Crippen LogP contribution is -2.49. The highest BCUT2D eigenvalue weighted by atomic mass is 79.9. The molecule has 1 aliphatic heterocycles. The fourth-order valence-corrected chi connectivity index (χ4v) is 2.91. The fourth-order valence-electron chi connectivity index (χ4n) is 2.20. The van der Waals surface area contributed by atoms with Gasteiger partial charge >= 0.3 is 5.97 Å². The van der Waals surface area contributed by atoms with Crippen LogP contribution in [-0.4, -0.2) is 5.97 Å². The summed E-state index contributed by atoms with van der Waals surface area (Å²) in [7, 11) is 0. The minimum atomic E-state index is -0.754. The van der Waals surface area contributed by atoms with Crippen molar-refractivity contribution in [1.82, 2.24) is 0 Å². The summed E-state index contributed by atoms with van der Waals surface area (Å²) >= 11 is 3.57. The van der Waals surface area contributed by atoms with E-state index >= 15 is 0 Å². The predicted octanol–water partition coefficient (Wildman–Crippen LogP) is 3.57. The lowest BCUT2D eigenvalue weighted by Gasteiger charge is -2.43. The van der Waals surface area contributed by atoms with Crippen molar-refractivity contribution in [3.8, 4) is 0 Å². The summed E-state index contributed by atoms with van der Waals surface area (Å²) in [6, 6.07) is 19.4. The number of benzene rings is 2. The summed E-state index contributed by atoms with van der Waals surface area (Å²) in [5, 5.41) is 0. The van der Waals surface area contributed by atoms with Crippen LogP contribution in [0.5, 0.6) is 0 Å². The van der Waals surface area contributed by atoms with Crippen molar-refractivity contribution >= 4 is 21.9 Å². The molecule has 2 atom stereocenters. The Morgan fingerprint density at radius 1 is 0.944 bits per heavy atom. The molecule has 1 heterocycles. The molecule has 2 nitrogen and oxygen atoms in total. The standard InChI is InChI=1S/C15H11BrO2/c16-15(12-9-5-2-6-10-12)13(18-14(15)17)11-7-3-1-4-8-11/h1-10,13H/t13-,15-/m1/s1. The van der Waals surface area contributed by atoms with Crippen LogP contribution in [0, 0.1) is 0 Å². The Labute approximate surface area is 114 Å². The first-order valence-electron chi connectivity index (χ1n) is 5.73. The van der Waals surface area contributed by atoms with E-state index in [1.165, 1.54) is 0 Å². The number of alkyl halides is 1. The van der Waals surface area contributed by atoms with Gasteiger partial charge in [0, 0.05) is 0 Å². The summed E-state index contributed by atoms with van der Waals surface area (Å²) in [5.41, 5.74) is 1.92. The number of halogens is 1.